The smallest absolute Gasteiger partial charge is 0.107 e. The zero-order valence-electron chi connectivity index (χ0n) is 10.2. The topological polar surface area (TPSA) is 25.4 Å². The quantitative estimate of drug-likeness (QED) is 0.772. The van der Waals surface area contributed by atoms with Crippen molar-refractivity contribution in [2.45, 2.75) is 25.3 Å². The highest BCUT2D eigenvalue weighted by molar-refractivity contribution is 7.09. The van der Waals surface area contributed by atoms with Gasteiger partial charge in [0, 0.05) is 18.5 Å². The molecule has 96 valence electrons. The van der Waals surface area contributed by atoms with Gasteiger partial charge in [-0.1, -0.05) is 0 Å². The fourth-order valence-corrected chi connectivity index (χ4v) is 3.27. The van der Waals surface area contributed by atoms with Crippen molar-refractivity contribution < 1.29 is 4.74 Å². The van der Waals surface area contributed by atoms with Crippen LogP contribution in [-0.2, 0) is 17.2 Å². The third-order valence-corrected chi connectivity index (χ3v) is 4.12. The Balaban J connectivity index is 1.77. The highest BCUT2D eigenvalue weighted by Crippen LogP contribution is 2.17. The van der Waals surface area contributed by atoms with E-state index in [-0.39, 0.29) is 0 Å². The fourth-order valence-electron chi connectivity index (χ4n) is 2.17. The molecule has 0 radical (unpaired) electrons. The van der Waals surface area contributed by atoms with E-state index in [1.807, 2.05) is 5.38 Å². The summed E-state index contributed by atoms with van der Waals surface area (Å²) in [7, 11) is 2.15. The van der Waals surface area contributed by atoms with Crippen molar-refractivity contribution in [1.29, 1.82) is 0 Å². The third-order valence-electron chi connectivity index (χ3n) is 2.97. The lowest BCUT2D eigenvalue weighted by molar-refractivity contribution is 0.0411. The molecule has 1 aliphatic rings. The molecule has 1 atom stereocenters. The lowest BCUT2D eigenvalue weighted by Crippen LogP contribution is -2.30. The van der Waals surface area contributed by atoms with Gasteiger partial charge in [0.15, 0.2) is 0 Å². The second kappa shape index (κ2) is 6.69. The van der Waals surface area contributed by atoms with Crippen LogP contribution < -0.4 is 0 Å². The van der Waals surface area contributed by atoms with Crippen molar-refractivity contribution in [2.24, 2.45) is 5.92 Å². The Morgan fingerprint density at radius 2 is 2.53 bits per heavy atom. The molecule has 5 heteroatoms. The van der Waals surface area contributed by atoms with Gasteiger partial charge in [-0.2, -0.15) is 0 Å². The normalized spacial score (nSPS) is 21.0. The molecular weight excluding hydrogens is 256 g/mol. The highest BCUT2D eigenvalue weighted by Gasteiger charge is 2.16. The van der Waals surface area contributed by atoms with Gasteiger partial charge in [0.2, 0.25) is 0 Å². The molecule has 0 N–H and O–H groups in total. The monoisotopic (exact) mass is 274 g/mol. The maximum absolute atomic E-state index is 5.75. The van der Waals surface area contributed by atoms with E-state index in [2.05, 4.69) is 16.9 Å². The van der Waals surface area contributed by atoms with Crippen molar-refractivity contribution in [2.75, 3.05) is 26.8 Å². The summed E-state index contributed by atoms with van der Waals surface area (Å²) in [5, 5.41) is 3.19. The van der Waals surface area contributed by atoms with Gasteiger partial charge in [0.25, 0.3) is 0 Å². The predicted octanol–water partition coefficient (Wildman–Crippen LogP) is 2.74. The molecule has 1 aromatic heterocycles. The van der Waals surface area contributed by atoms with Crippen LogP contribution >= 0.6 is 22.9 Å². The molecule has 3 nitrogen and oxygen atoms in total. The summed E-state index contributed by atoms with van der Waals surface area (Å²) in [6.45, 7) is 3.86. The van der Waals surface area contributed by atoms with Crippen LogP contribution in [0.25, 0.3) is 0 Å². The molecule has 0 spiro atoms. The van der Waals surface area contributed by atoms with E-state index in [1.54, 1.807) is 11.3 Å². The van der Waals surface area contributed by atoms with Gasteiger partial charge < -0.3 is 4.74 Å². The summed E-state index contributed by atoms with van der Waals surface area (Å²) in [6.07, 6.45) is 2.49. The van der Waals surface area contributed by atoms with Gasteiger partial charge in [0.1, 0.15) is 5.01 Å². The minimum absolute atomic E-state index is 0.511. The molecule has 1 unspecified atom stereocenters. The van der Waals surface area contributed by atoms with E-state index in [0.717, 1.165) is 37.0 Å². The Bertz CT molecular complexity index is 339. The van der Waals surface area contributed by atoms with Gasteiger partial charge in [-0.15, -0.1) is 22.9 Å². The first-order chi connectivity index (χ1) is 8.28. The Labute approximate surface area is 112 Å². The molecule has 0 bridgehead atoms. The van der Waals surface area contributed by atoms with Crippen molar-refractivity contribution in [1.82, 2.24) is 9.88 Å². The predicted molar refractivity (Wildman–Crippen MR) is 71.5 cm³/mol. The molecule has 1 saturated heterocycles. The summed E-state index contributed by atoms with van der Waals surface area (Å²) in [5.74, 6) is 1.19. The zero-order valence-corrected chi connectivity index (χ0v) is 11.8. The summed E-state index contributed by atoms with van der Waals surface area (Å²) < 4.78 is 5.50. The van der Waals surface area contributed by atoms with Gasteiger partial charge in [-0.25, -0.2) is 4.98 Å². The Hall–Kier alpha value is -0.160. The SMILES string of the molecule is CN(Cc1nc(CCl)cs1)CC1CCCOC1. The Morgan fingerprint density at radius 1 is 1.65 bits per heavy atom. The van der Waals surface area contributed by atoms with Gasteiger partial charge in [0.05, 0.1) is 24.7 Å². The molecule has 0 amide bonds. The first kappa shape index (κ1) is 13.3. The maximum atomic E-state index is 5.75. The van der Waals surface area contributed by atoms with Crippen LogP contribution in [0.2, 0.25) is 0 Å². The summed E-state index contributed by atoms with van der Waals surface area (Å²) >= 11 is 7.44. The first-order valence-electron chi connectivity index (χ1n) is 6.03. The fraction of sp³-hybridized carbons (Fsp3) is 0.750. The van der Waals surface area contributed by atoms with E-state index >= 15 is 0 Å². The Kier molecular flexibility index (Phi) is 5.22. The van der Waals surface area contributed by atoms with Crippen LogP contribution in [0.4, 0.5) is 0 Å². The number of rotatable bonds is 5. The first-order valence-corrected chi connectivity index (χ1v) is 7.45. The largest absolute Gasteiger partial charge is 0.381 e. The summed E-state index contributed by atoms with van der Waals surface area (Å²) in [4.78, 5) is 6.81. The van der Waals surface area contributed by atoms with E-state index in [9.17, 15) is 0 Å². The van der Waals surface area contributed by atoms with Gasteiger partial charge in [-0.05, 0) is 25.8 Å². The number of thiazole rings is 1. The lowest BCUT2D eigenvalue weighted by Gasteiger charge is -2.26. The minimum Gasteiger partial charge on any atom is -0.381 e. The minimum atomic E-state index is 0.511. The molecular formula is C12H19ClN2OS. The summed E-state index contributed by atoms with van der Waals surface area (Å²) in [5.41, 5.74) is 0.987. The molecule has 0 aliphatic carbocycles. The standard InChI is InChI=1S/C12H19ClN2OS/c1-15(6-10-3-2-4-16-8-10)7-12-14-11(5-13)9-17-12/h9-10H,2-8H2,1H3. The molecule has 1 aliphatic heterocycles. The highest BCUT2D eigenvalue weighted by atomic mass is 35.5. The second-order valence-corrected chi connectivity index (χ2v) is 5.86. The molecule has 0 saturated carbocycles. The Morgan fingerprint density at radius 3 is 3.18 bits per heavy atom. The second-order valence-electron chi connectivity index (χ2n) is 4.65. The van der Waals surface area contributed by atoms with Crippen molar-refractivity contribution in [3.63, 3.8) is 0 Å². The van der Waals surface area contributed by atoms with Gasteiger partial charge >= 0.3 is 0 Å². The van der Waals surface area contributed by atoms with Crippen LogP contribution in [0.1, 0.15) is 23.5 Å². The van der Waals surface area contributed by atoms with Crippen LogP contribution in [0.3, 0.4) is 0 Å². The maximum Gasteiger partial charge on any atom is 0.107 e. The molecule has 1 fully saturated rings. The van der Waals surface area contributed by atoms with Crippen LogP contribution in [0.5, 0.6) is 0 Å². The number of hydrogen-bond acceptors (Lipinski definition) is 4. The van der Waals surface area contributed by atoms with Gasteiger partial charge in [-0.3, -0.25) is 4.90 Å². The van der Waals surface area contributed by atoms with E-state index < -0.39 is 0 Å². The number of halogens is 1. The van der Waals surface area contributed by atoms with Crippen LogP contribution in [0, 0.1) is 5.92 Å². The number of ether oxygens (including phenoxy) is 1. The average Bonchev–Trinajstić information content (AvgIpc) is 2.78. The lowest BCUT2D eigenvalue weighted by atomic mass is 10.0. The molecule has 17 heavy (non-hydrogen) atoms. The third kappa shape index (κ3) is 4.21. The average molecular weight is 275 g/mol. The van der Waals surface area contributed by atoms with E-state index in [4.69, 9.17) is 16.3 Å². The van der Waals surface area contributed by atoms with Crippen LogP contribution in [-0.4, -0.2) is 36.7 Å². The van der Waals surface area contributed by atoms with Crippen molar-refractivity contribution in [3.05, 3.63) is 16.1 Å². The van der Waals surface area contributed by atoms with Crippen LogP contribution in [0.15, 0.2) is 5.38 Å². The molecule has 2 rings (SSSR count). The molecule has 2 heterocycles. The zero-order chi connectivity index (χ0) is 12.1. The van der Waals surface area contributed by atoms with E-state index in [1.165, 1.54) is 12.8 Å². The van der Waals surface area contributed by atoms with Crippen molar-refractivity contribution >= 4 is 22.9 Å². The number of hydrogen-bond donors (Lipinski definition) is 0. The van der Waals surface area contributed by atoms with E-state index in [0.29, 0.717) is 11.8 Å². The summed E-state index contributed by atoms with van der Waals surface area (Å²) in [6, 6.07) is 0. The number of nitrogens with zero attached hydrogens (tertiary/aromatic N) is 2. The number of alkyl halides is 1. The molecule has 1 aromatic rings. The number of aromatic nitrogens is 1. The van der Waals surface area contributed by atoms with Crippen molar-refractivity contribution in [3.8, 4) is 0 Å². The molecule has 0 aromatic carbocycles.